The van der Waals surface area contributed by atoms with Crippen molar-refractivity contribution < 1.29 is 24.1 Å². The number of nitrogens with one attached hydrogen (secondary N) is 1. The van der Waals surface area contributed by atoms with Crippen LogP contribution < -0.4 is 14.8 Å². The van der Waals surface area contributed by atoms with Gasteiger partial charge in [0.1, 0.15) is 17.9 Å². The molecule has 1 saturated heterocycles. The molecule has 1 fully saturated rings. The molecular formula is C35H42N4O5. The summed E-state index contributed by atoms with van der Waals surface area (Å²) in [4.78, 5) is 16.5. The van der Waals surface area contributed by atoms with Gasteiger partial charge >= 0.3 is 5.97 Å². The number of ether oxygens (including phenoxy) is 3. The molecule has 0 aliphatic carbocycles. The highest BCUT2D eigenvalue weighted by Crippen LogP contribution is 2.34. The molecule has 44 heavy (non-hydrogen) atoms. The molecule has 1 atom stereocenters. The van der Waals surface area contributed by atoms with Crippen molar-refractivity contribution >= 4 is 5.97 Å². The lowest BCUT2D eigenvalue weighted by atomic mass is 9.94. The van der Waals surface area contributed by atoms with E-state index in [4.69, 9.17) is 19.2 Å². The van der Waals surface area contributed by atoms with E-state index >= 15 is 0 Å². The number of aryl methyl sites for hydroxylation is 1. The molecule has 2 aliphatic rings. The summed E-state index contributed by atoms with van der Waals surface area (Å²) >= 11 is 0. The van der Waals surface area contributed by atoms with Gasteiger partial charge < -0.3 is 24.6 Å². The maximum Gasteiger partial charge on any atom is 0.342 e. The minimum Gasteiger partial charge on any atom is -0.488 e. The highest BCUT2D eigenvalue weighted by Gasteiger charge is 2.21. The third kappa shape index (κ3) is 7.11. The van der Waals surface area contributed by atoms with Gasteiger partial charge in [-0.25, -0.2) is 9.78 Å². The summed E-state index contributed by atoms with van der Waals surface area (Å²) in [7, 11) is 0. The van der Waals surface area contributed by atoms with Crippen molar-refractivity contribution in [3.05, 3.63) is 88.1 Å². The smallest absolute Gasteiger partial charge is 0.342 e. The Hall–Kier alpha value is -4.21. The monoisotopic (exact) mass is 598 g/mol. The first-order chi connectivity index (χ1) is 21.4. The molecule has 0 spiro atoms. The van der Waals surface area contributed by atoms with Gasteiger partial charge in [-0.3, -0.25) is 0 Å². The Morgan fingerprint density at radius 2 is 1.91 bits per heavy atom. The molecule has 2 aromatic carbocycles. The average Bonchev–Trinajstić information content (AvgIpc) is 3.60. The van der Waals surface area contributed by atoms with Crippen LogP contribution in [0.25, 0.3) is 17.1 Å². The van der Waals surface area contributed by atoms with Crippen LogP contribution in [-0.2, 0) is 24.2 Å². The molecule has 4 aromatic rings. The van der Waals surface area contributed by atoms with Crippen LogP contribution in [0.5, 0.6) is 11.6 Å². The average molecular weight is 599 g/mol. The summed E-state index contributed by atoms with van der Waals surface area (Å²) in [6.07, 6.45) is 6.44. The fourth-order valence-corrected chi connectivity index (χ4v) is 5.71. The minimum absolute atomic E-state index is 0.00876. The Kier molecular flexibility index (Phi) is 10.3. The normalized spacial score (nSPS) is 16.0. The molecule has 0 bridgehead atoms. The molecule has 232 valence electrons. The van der Waals surface area contributed by atoms with Gasteiger partial charge in [0.2, 0.25) is 5.88 Å². The van der Waals surface area contributed by atoms with Gasteiger partial charge in [0.15, 0.2) is 5.82 Å². The Balaban J connectivity index is 0.000000573. The predicted molar refractivity (Wildman–Crippen MR) is 170 cm³/mol. The first-order valence-corrected chi connectivity index (χ1v) is 15.4. The van der Waals surface area contributed by atoms with Crippen LogP contribution in [0.4, 0.5) is 0 Å². The van der Waals surface area contributed by atoms with Crippen molar-refractivity contribution in [3.63, 3.8) is 0 Å². The van der Waals surface area contributed by atoms with Crippen LogP contribution in [0.3, 0.4) is 0 Å². The number of carboxylic acid groups (broad SMARTS) is 1. The fourth-order valence-electron chi connectivity index (χ4n) is 5.71. The van der Waals surface area contributed by atoms with E-state index < -0.39 is 5.97 Å². The number of nitrogens with zero attached hydrogens (tertiary/aromatic N) is 3. The number of fused-ring (bicyclic) bond motifs is 1. The number of carbonyl (C=O) groups is 1. The summed E-state index contributed by atoms with van der Waals surface area (Å²) in [6, 6.07) is 16.0. The molecule has 9 nitrogen and oxygen atoms in total. The molecule has 2 aliphatic heterocycles. The molecule has 4 heterocycles. The number of carboxylic acids is 1. The van der Waals surface area contributed by atoms with Crippen LogP contribution in [0, 0.1) is 13.8 Å². The zero-order valence-electron chi connectivity index (χ0n) is 26.1. The second-order valence-corrected chi connectivity index (χ2v) is 11.2. The van der Waals surface area contributed by atoms with Crippen LogP contribution in [-0.4, -0.2) is 58.2 Å². The van der Waals surface area contributed by atoms with Gasteiger partial charge in [-0.15, -0.1) is 0 Å². The van der Waals surface area contributed by atoms with Crippen molar-refractivity contribution in [2.75, 3.05) is 26.3 Å². The molecule has 2 N–H and O–H groups in total. The standard InChI is InChI=1S/C30H32N4O4.C5H10O/c1-4-37-29-25(30(35)36)17-32-34(29)27-10-6-9-26(33-27)24-8-5-7-19(2)28(24)38-18-22-12-11-21-13-15-31-16-14-23(21)20(22)3;1-5-3-2-4-6-5/h5-12,17,31H,4,13-16,18H2,1-3H3,(H,35,36);5H,2-4H2,1H3/t;5-/m.0/s1. The third-order valence-electron chi connectivity index (χ3n) is 8.14. The van der Waals surface area contributed by atoms with E-state index in [1.54, 1.807) is 13.0 Å². The second-order valence-electron chi connectivity index (χ2n) is 11.2. The molecule has 9 heteroatoms. The van der Waals surface area contributed by atoms with E-state index in [-0.39, 0.29) is 11.4 Å². The molecule has 0 saturated carbocycles. The minimum atomic E-state index is -1.10. The molecule has 0 unspecified atom stereocenters. The zero-order valence-corrected chi connectivity index (χ0v) is 26.1. The Morgan fingerprint density at radius 3 is 2.64 bits per heavy atom. The molecule has 6 rings (SSSR count). The number of aromatic carboxylic acids is 1. The first kappa shape index (κ1) is 31.2. The van der Waals surface area contributed by atoms with Crippen LogP contribution >= 0.6 is 0 Å². The van der Waals surface area contributed by atoms with E-state index in [1.807, 2.05) is 37.3 Å². The SMILES string of the molecule is CCOc1c(C(=O)O)cnn1-c1cccc(-c2cccc(C)c2OCc2ccc3c(c2C)CCNCC3)n1.C[C@H]1CCCO1. The number of aromatic nitrogens is 3. The lowest BCUT2D eigenvalue weighted by Gasteiger charge is -2.18. The summed E-state index contributed by atoms with van der Waals surface area (Å²) in [5.74, 6) is 0.278. The van der Waals surface area contributed by atoms with Gasteiger partial charge in [0, 0.05) is 12.2 Å². The predicted octanol–water partition coefficient (Wildman–Crippen LogP) is 6.10. The zero-order chi connectivity index (χ0) is 31.1. The number of para-hydroxylation sites is 1. The van der Waals surface area contributed by atoms with Gasteiger partial charge in [0.05, 0.1) is 24.6 Å². The fraction of sp³-hybridized carbons (Fsp3) is 0.400. The van der Waals surface area contributed by atoms with E-state index in [0.29, 0.717) is 30.8 Å². The largest absolute Gasteiger partial charge is 0.488 e. The van der Waals surface area contributed by atoms with Gasteiger partial charge in [-0.1, -0.05) is 30.3 Å². The van der Waals surface area contributed by atoms with E-state index in [9.17, 15) is 9.90 Å². The second kappa shape index (κ2) is 14.5. The number of hydrogen-bond acceptors (Lipinski definition) is 7. The third-order valence-corrected chi connectivity index (χ3v) is 8.14. The van der Waals surface area contributed by atoms with Crippen molar-refractivity contribution in [3.8, 4) is 28.7 Å². The topological polar surface area (TPSA) is 108 Å². The van der Waals surface area contributed by atoms with Crippen LogP contribution in [0.2, 0.25) is 0 Å². The first-order valence-electron chi connectivity index (χ1n) is 15.4. The molecule has 0 radical (unpaired) electrons. The summed E-state index contributed by atoms with van der Waals surface area (Å²) in [5.41, 5.74) is 7.89. The number of hydrogen-bond donors (Lipinski definition) is 2. The number of pyridine rings is 1. The van der Waals surface area contributed by atoms with Crippen molar-refractivity contribution in [2.24, 2.45) is 0 Å². The van der Waals surface area contributed by atoms with Crippen LogP contribution in [0.15, 0.2) is 54.7 Å². The van der Waals surface area contributed by atoms with Gasteiger partial charge in [0.25, 0.3) is 0 Å². The number of benzene rings is 2. The Bertz CT molecular complexity index is 1590. The highest BCUT2D eigenvalue weighted by atomic mass is 16.5. The van der Waals surface area contributed by atoms with Gasteiger partial charge in [-0.05, 0) is 112 Å². The van der Waals surface area contributed by atoms with Crippen LogP contribution in [0.1, 0.15) is 64.9 Å². The highest BCUT2D eigenvalue weighted by molar-refractivity contribution is 5.90. The van der Waals surface area contributed by atoms with E-state index in [1.165, 1.54) is 46.0 Å². The van der Waals surface area contributed by atoms with Crippen molar-refractivity contribution in [1.29, 1.82) is 0 Å². The lowest BCUT2D eigenvalue weighted by Crippen LogP contribution is -2.16. The number of rotatable bonds is 8. The summed E-state index contributed by atoms with van der Waals surface area (Å²) in [5, 5.41) is 17.3. The van der Waals surface area contributed by atoms with E-state index in [2.05, 4.69) is 36.4 Å². The summed E-state index contributed by atoms with van der Waals surface area (Å²) < 4.78 is 18.7. The maximum absolute atomic E-state index is 11.6. The van der Waals surface area contributed by atoms with Crippen molar-refractivity contribution in [2.45, 2.75) is 66.1 Å². The molecule has 0 amide bonds. The Morgan fingerprint density at radius 1 is 1.09 bits per heavy atom. The quantitative estimate of drug-likeness (QED) is 0.251. The van der Waals surface area contributed by atoms with Gasteiger partial charge in [-0.2, -0.15) is 9.78 Å². The maximum atomic E-state index is 11.6. The van der Waals surface area contributed by atoms with E-state index in [0.717, 1.165) is 49.4 Å². The Labute approximate surface area is 259 Å². The lowest BCUT2D eigenvalue weighted by molar-refractivity contribution is 0.0692. The molecule has 2 aromatic heterocycles. The molecular weight excluding hydrogens is 556 g/mol. The summed E-state index contributed by atoms with van der Waals surface area (Å²) in [6.45, 7) is 11.9. The van der Waals surface area contributed by atoms with Crippen molar-refractivity contribution in [1.82, 2.24) is 20.1 Å².